The van der Waals surface area contributed by atoms with Crippen molar-refractivity contribution in [2.24, 2.45) is 10.2 Å². The number of hydrogen-bond donors (Lipinski definition) is 3. The zero-order chi connectivity index (χ0) is 24.0. The quantitative estimate of drug-likeness (QED) is 0.117. The summed E-state index contributed by atoms with van der Waals surface area (Å²) in [5.41, 5.74) is -0.195. The number of fused-ring (bicyclic) bond motifs is 3. The summed E-state index contributed by atoms with van der Waals surface area (Å²) in [6.07, 6.45) is 3.23. The van der Waals surface area contributed by atoms with Crippen LogP contribution in [-0.2, 0) is 20.2 Å². The molecule has 1 heterocycles. The van der Waals surface area contributed by atoms with Crippen molar-refractivity contribution >= 4 is 65.0 Å². The second-order valence-corrected chi connectivity index (χ2v) is 10.3. The molecule has 3 aromatic carbocycles. The largest absolute Gasteiger partial charge is 0.505 e. The Kier molecular flexibility index (Phi) is 5.79. The van der Waals surface area contributed by atoms with Crippen molar-refractivity contribution in [1.82, 2.24) is 9.97 Å². The second kappa shape index (κ2) is 8.31. The van der Waals surface area contributed by atoms with Gasteiger partial charge in [-0.1, -0.05) is 23.9 Å². The molecule has 14 heteroatoms. The SMILES string of the molecule is CSc1nccc(/N=N/c2c(O)c3cc(S(=O)(=O)O)ccc3c3ccc(S(=O)(=O)O)cc23)n1. The summed E-state index contributed by atoms with van der Waals surface area (Å²) in [6.45, 7) is 0. The number of nitrogens with zero attached hydrogens (tertiary/aromatic N) is 4. The highest BCUT2D eigenvalue weighted by Gasteiger charge is 2.20. The zero-order valence-electron chi connectivity index (χ0n) is 16.6. The van der Waals surface area contributed by atoms with E-state index < -0.39 is 35.8 Å². The first-order valence-corrected chi connectivity index (χ1v) is 13.1. The van der Waals surface area contributed by atoms with E-state index in [-0.39, 0.29) is 22.3 Å². The maximum atomic E-state index is 11.7. The average Bonchev–Trinajstić information content (AvgIpc) is 2.77. The number of rotatable bonds is 5. The summed E-state index contributed by atoms with van der Waals surface area (Å²) in [7, 11) is -9.13. The number of aromatic hydroxyl groups is 1. The molecule has 1 aromatic heterocycles. The summed E-state index contributed by atoms with van der Waals surface area (Å²) >= 11 is 1.27. The molecule has 0 saturated carbocycles. The van der Waals surface area contributed by atoms with Gasteiger partial charge in [0, 0.05) is 23.0 Å². The third-order valence-corrected chi connectivity index (χ3v) is 6.92. The van der Waals surface area contributed by atoms with Gasteiger partial charge in [-0.25, -0.2) is 9.97 Å². The Bertz CT molecular complexity index is 1670. The molecule has 0 spiro atoms. The standard InChI is InChI=1S/C19H14N4O7S3/c1-31-19-20-7-6-16(21-19)22-23-17-14-8-10(32(25,26)27)2-4-12(14)13-5-3-11(33(28,29)30)9-15(13)18(17)24/h2-9,24H,1H3,(H,25,26,27)(H,28,29,30)/b23-22+. The van der Waals surface area contributed by atoms with E-state index in [0.717, 1.165) is 24.3 Å². The van der Waals surface area contributed by atoms with E-state index in [2.05, 4.69) is 20.2 Å². The fourth-order valence-corrected chi connectivity index (χ4v) is 4.54. The molecule has 4 rings (SSSR count). The second-order valence-electron chi connectivity index (χ2n) is 6.66. The van der Waals surface area contributed by atoms with Gasteiger partial charge in [0.15, 0.2) is 16.7 Å². The van der Waals surface area contributed by atoms with Crippen LogP contribution in [0, 0.1) is 0 Å². The zero-order valence-corrected chi connectivity index (χ0v) is 19.1. The lowest BCUT2D eigenvalue weighted by atomic mass is 9.99. The van der Waals surface area contributed by atoms with Crippen LogP contribution in [0.2, 0.25) is 0 Å². The predicted molar refractivity (Wildman–Crippen MR) is 121 cm³/mol. The van der Waals surface area contributed by atoms with Crippen LogP contribution in [0.3, 0.4) is 0 Å². The lowest BCUT2D eigenvalue weighted by Crippen LogP contribution is -1.99. The maximum Gasteiger partial charge on any atom is 0.294 e. The molecule has 33 heavy (non-hydrogen) atoms. The van der Waals surface area contributed by atoms with Gasteiger partial charge in [0.25, 0.3) is 20.2 Å². The molecule has 0 saturated heterocycles. The fourth-order valence-electron chi connectivity index (χ4n) is 3.17. The molecule has 0 radical (unpaired) electrons. The Labute approximate surface area is 191 Å². The van der Waals surface area contributed by atoms with Gasteiger partial charge in [-0.2, -0.15) is 16.8 Å². The summed E-state index contributed by atoms with van der Waals surface area (Å²) in [5.74, 6) is -0.363. The predicted octanol–water partition coefficient (Wildman–Crippen LogP) is 4.12. The van der Waals surface area contributed by atoms with Crippen molar-refractivity contribution in [3.8, 4) is 5.75 Å². The summed E-state index contributed by atoms with van der Waals surface area (Å²) < 4.78 is 65.3. The molecule has 4 aromatic rings. The van der Waals surface area contributed by atoms with Gasteiger partial charge in [0.05, 0.1) is 9.79 Å². The van der Waals surface area contributed by atoms with Gasteiger partial charge in [0.2, 0.25) is 0 Å². The van der Waals surface area contributed by atoms with E-state index in [0.29, 0.717) is 15.9 Å². The Hall–Kier alpha value is -3.17. The van der Waals surface area contributed by atoms with Crippen LogP contribution < -0.4 is 0 Å². The highest BCUT2D eigenvalue weighted by Crippen LogP contribution is 2.44. The molecule has 0 fully saturated rings. The van der Waals surface area contributed by atoms with Crippen LogP contribution in [0.1, 0.15) is 0 Å². The maximum absolute atomic E-state index is 11.7. The molecule has 3 N–H and O–H groups in total. The molecule has 0 amide bonds. The number of phenolic OH excluding ortho intramolecular Hbond substituents is 1. The minimum Gasteiger partial charge on any atom is -0.505 e. The summed E-state index contributed by atoms with van der Waals surface area (Å²) in [4.78, 5) is 7.27. The number of hydrogen-bond acceptors (Lipinski definition) is 10. The number of aromatic nitrogens is 2. The van der Waals surface area contributed by atoms with Crippen molar-refractivity contribution in [3.63, 3.8) is 0 Å². The summed E-state index contributed by atoms with van der Waals surface area (Å²) in [6, 6.07) is 8.66. The highest BCUT2D eigenvalue weighted by molar-refractivity contribution is 7.98. The van der Waals surface area contributed by atoms with E-state index in [1.807, 2.05) is 0 Å². The molecule has 0 aliphatic rings. The Balaban J connectivity index is 2.07. The number of phenols is 1. The van der Waals surface area contributed by atoms with Gasteiger partial charge in [-0.3, -0.25) is 9.11 Å². The van der Waals surface area contributed by atoms with E-state index in [1.54, 1.807) is 6.26 Å². The lowest BCUT2D eigenvalue weighted by Gasteiger charge is -2.12. The molecular formula is C19H14N4O7S3. The number of azo groups is 1. The molecule has 0 aliphatic carbocycles. The Morgan fingerprint density at radius 2 is 1.39 bits per heavy atom. The first kappa shape index (κ1) is 23.0. The monoisotopic (exact) mass is 506 g/mol. The minimum atomic E-state index is -4.57. The van der Waals surface area contributed by atoms with Gasteiger partial charge in [0.1, 0.15) is 5.69 Å². The van der Waals surface area contributed by atoms with Crippen molar-refractivity contribution in [2.45, 2.75) is 14.9 Å². The van der Waals surface area contributed by atoms with Crippen LogP contribution >= 0.6 is 11.8 Å². The Morgan fingerprint density at radius 3 is 1.97 bits per heavy atom. The van der Waals surface area contributed by atoms with Crippen molar-refractivity contribution in [3.05, 3.63) is 48.7 Å². The van der Waals surface area contributed by atoms with Crippen LogP contribution in [-0.4, -0.2) is 47.3 Å². The van der Waals surface area contributed by atoms with Crippen LogP contribution in [0.4, 0.5) is 11.5 Å². The van der Waals surface area contributed by atoms with E-state index in [9.17, 15) is 31.0 Å². The first-order valence-electron chi connectivity index (χ1n) is 8.95. The minimum absolute atomic E-state index is 0.0265. The topological polar surface area (TPSA) is 179 Å². The van der Waals surface area contributed by atoms with E-state index >= 15 is 0 Å². The average molecular weight is 507 g/mol. The van der Waals surface area contributed by atoms with Crippen molar-refractivity contribution < 1.29 is 31.0 Å². The smallest absolute Gasteiger partial charge is 0.294 e. The third-order valence-electron chi connectivity index (χ3n) is 4.66. The normalized spacial score (nSPS) is 12.7. The number of benzene rings is 3. The van der Waals surface area contributed by atoms with E-state index in [4.69, 9.17) is 0 Å². The molecular weight excluding hydrogens is 492 g/mol. The molecule has 0 atom stereocenters. The first-order chi connectivity index (χ1) is 15.5. The van der Waals surface area contributed by atoms with Crippen LogP contribution in [0.25, 0.3) is 21.5 Å². The molecule has 11 nitrogen and oxygen atoms in total. The molecule has 170 valence electrons. The highest BCUT2D eigenvalue weighted by atomic mass is 32.2. The third kappa shape index (κ3) is 4.51. The fraction of sp³-hybridized carbons (Fsp3) is 0.0526. The molecule has 0 unspecified atom stereocenters. The summed E-state index contributed by atoms with van der Waals surface area (Å²) in [5, 5.41) is 20.3. The van der Waals surface area contributed by atoms with Gasteiger partial charge in [-0.05, 0) is 41.3 Å². The van der Waals surface area contributed by atoms with Gasteiger partial charge >= 0.3 is 0 Å². The lowest BCUT2D eigenvalue weighted by molar-refractivity contribution is 0.479. The Morgan fingerprint density at radius 1 is 0.818 bits per heavy atom. The van der Waals surface area contributed by atoms with Gasteiger partial charge < -0.3 is 5.11 Å². The van der Waals surface area contributed by atoms with Crippen molar-refractivity contribution in [1.29, 1.82) is 0 Å². The van der Waals surface area contributed by atoms with Crippen molar-refractivity contribution in [2.75, 3.05) is 6.26 Å². The molecule has 0 aliphatic heterocycles. The van der Waals surface area contributed by atoms with E-state index in [1.165, 1.54) is 36.2 Å². The number of thioether (sulfide) groups is 1. The molecule has 0 bridgehead atoms. The van der Waals surface area contributed by atoms with Crippen LogP contribution in [0.5, 0.6) is 5.75 Å². The van der Waals surface area contributed by atoms with Gasteiger partial charge in [-0.15, -0.1) is 10.2 Å². The van der Waals surface area contributed by atoms with Crippen LogP contribution in [0.15, 0.2) is 73.8 Å².